The van der Waals surface area contributed by atoms with Crippen LogP contribution in [0, 0.1) is 11.2 Å². The molecule has 1 saturated carbocycles. The van der Waals surface area contributed by atoms with Crippen LogP contribution >= 0.6 is 11.6 Å². The Morgan fingerprint density at radius 3 is 2.38 bits per heavy atom. The number of benzene rings is 2. The first kappa shape index (κ1) is 27.7. The van der Waals surface area contributed by atoms with Gasteiger partial charge in [0.2, 0.25) is 12.3 Å². The maximum absolute atomic E-state index is 15.0. The van der Waals surface area contributed by atoms with Gasteiger partial charge in [-0.05, 0) is 55.7 Å². The Morgan fingerprint density at radius 1 is 1.10 bits per heavy atom. The van der Waals surface area contributed by atoms with E-state index in [1.165, 1.54) is 30.3 Å². The number of carbonyl (C=O) groups excluding carboxylic acids is 1. The first-order valence-corrected chi connectivity index (χ1v) is 13.3. The van der Waals surface area contributed by atoms with Crippen molar-refractivity contribution in [3.63, 3.8) is 0 Å². The Labute approximate surface area is 237 Å². The third kappa shape index (κ3) is 4.95. The fourth-order valence-electron chi connectivity index (χ4n) is 5.42. The highest BCUT2D eigenvalue weighted by Gasteiger charge is 2.61. The lowest BCUT2D eigenvalue weighted by Gasteiger charge is -2.24. The summed E-state index contributed by atoms with van der Waals surface area (Å²) in [6, 6.07) is 9.17. The second-order valence-electron chi connectivity index (χ2n) is 11.0. The van der Waals surface area contributed by atoms with Gasteiger partial charge in [0.05, 0.1) is 23.4 Å². The molecule has 1 aliphatic heterocycles. The minimum absolute atomic E-state index is 0.144. The Morgan fingerprint density at radius 2 is 1.80 bits per heavy atom. The Bertz CT molecular complexity index is 1480. The summed E-state index contributed by atoms with van der Waals surface area (Å²) in [7, 11) is 5.18. The van der Waals surface area contributed by atoms with Gasteiger partial charge >= 0.3 is 0 Å². The zero-order valence-corrected chi connectivity index (χ0v) is 23.6. The lowest BCUT2D eigenvalue weighted by atomic mass is 9.90. The quantitative estimate of drug-likeness (QED) is 0.359. The average molecular weight is 567 g/mol. The zero-order valence-electron chi connectivity index (χ0n) is 22.9. The minimum Gasteiger partial charge on any atom is -0.507 e. The van der Waals surface area contributed by atoms with Crippen LogP contribution in [0.4, 0.5) is 15.8 Å². The molecule has 10 heteroatoms. The van der Waals surface area contributed by atoms with Crippen LogP contribution in [0.5, 0.6) is 11.6 Å². The predicted octanol–water partition coefficient (Wildman–Crippen LogP) is 5.27. The van der Waals surface area contributed by atoms with Crippen molar-refractivity contribution in [3.8, 4) is 33.9 Å². The van der Waals surface area contributed by atoms with Crippen molar-refractivity contribution in [2.75, 3.05) is 44.1 Å². The SMILES string of the molecule is COc1ncc(-c2cc(F)cc(-c3ccc(N(C=O)/C=C\N(C)C)c(Cl)c3)c2O)cc1N1CC(C)(O)C2(CC2)C1. The number of phenols is 1. The molecule has 40 heavy (non-hydrogen) atoms. The van der Waals surface area contributed by atoms with Crippen molar-refractivity contribution < 1.29 is 24.1 Å². The zero-order chi connectivity index (χ0) is 28.8. The monoisotopic (exact) mass is 566 g/mol. The molecule has 1 aliphatic carbocycles. The van der Waals surface area contributed by atoms with Crippen molar-refractivity contribution in [1.29, 1.82) is 0 Å². The van der Waals surface area contributed by atoms with Gasteiger partial charge in [-0.3, -0.25) is 9.69 Å². The number of phenolic OH excluding ortho intramolecular Hbond substituents is 1. The summed E-state index contributed by atoms with van der Waals surface area (Å²) in [5.41, 5.74) is 1.59. The molecule has 210 valence electrons. The molecule has 1 saturated heterocycles. The molecular weight excluding hydrogens is 535 g/mol. The number of hydrogen-bond acceptors (Lipinski definition) is 7. The number of carbonyl (C=O) groups is 1. The van der Waals surface area contributed by atoms with Gasteiger partial charge in [-0.25, -0.2) is 9.37 Å². The van der Waals surface area contributed by atoms with Gasteiger partial charge in [-0.1, -0.05) is 17.7 Å². The molecule has 2 aliphatic rings. The molecule has 0 bridgehead atoms. The molecular formula is C30H32ClFN4O4. The summed E-state index contributed by atoms with van der Waals surface area (Å²) in [6.07, 6.45) is 7.35. The Kier molecular flexibility index (Phi) is 7.14. The van der Waals surface area contributed by atoms with E-state index in [0.717, 1.165) is 12.8 Å². The highest BCUT2D eigenvalue weighted by Crippen LogP contribution is 2.59. The summed E-state index contributed by atoms with van der Waals surface area (Å²) in [5, 5.41) is 22.6. The van der Waals surface area contributed by atoms with Crippen molar-refractivity contribution in [3.05, 3.63) is 65.8 Å². The summed E-state index contributed by atoms with van der Waals surface area (Å²) >= 11 is 6.52. The number of anilines is 2. The van der Waals surface area contributed by atoms with Crippen LogP contribution in [0.1, 0.15) is 19.8 Å². The second-order valence-corrected chi connectivity index (χ2v) is 11.4. The molecule has 3 aromatic rings. The number of hydrogen-bond donors (Lipinski definition) is 2. The number of aliphatic hydroxyl groups is 1. The number of pyridine rings is 1. The number of ether oxygens (including phenoxy) is 1. The number of β-amino-alcohol motifs (C(OH)–C–C–N with tert-alkyl or cyclic N) is 1. The van der Waals surface area contributed by atoms with Gasteiger partial charge in [-0.15, -0.1) is 0 Å². The van der Waals surface area contributed by atoms with Crippen molar-refractivity contribution >= 4 is 29.4 Å². The molecule has 1 spiro atoms. The topological polar surface area (TPSA) is 89.4 Å². The maximum atomic E-state index is 15.0. The van der Waals surface area contributed by atoms with E-state index in [0.29, 0.717) is 47.9 Å². The van der Waals surface area contributed by atoms with E-state index in [-0.39, 0.29) is 27.3 Å². The normalized spacial score (nSPS) is 19.3. The molecule has 2 N–H and O–H groups in total. The molecule has 2 heterocycles. The highest BCUT2D eigenvalue weighted by molar-refractivity contribution is 6.34. The molecule has 8 nitrogen and oxygen atoms in total. The second kappa shape index (κ2) is 10.3. The lowest BCUT2D eigenvalue weighted by Crippen LogP contribution is -2.35. The van der Waals surface area contributed by atoms with E-state index in [1.807, 2.05) is 25.9 Å². The summed E-state index contributed by atoms with van der Waals surface area (Å²) in [6.45, 7) is 2.94. The number of halogens is 2. The van der Waals surface area contributed by atoms with E-state index in [2.05, 4.69) is 4.98 Å². The number of amides is 1. The first-order valence-electron chi connectivity index (χ1n) is 12.9. The van der Waals surface area contributed by atoms with Crippen LogP contribution in [-0.4, -0.2) is 66.4 Å². The van der Waals surface area contributed by atoms with E-state index in [4.69, 9.17) is 16.3 Å². The third-order valence-electron chi connectivity index (χ3n) is 7.92. The number of aromatic nitrogens is 1. The highest BCUT2D eigenvalue weighted by atomic mass is 35.5. The lowest BCUT2D eigenvalue weighted by molar-refractivity contribution is -0.107. The van der Waals surface area contributed by atoms with Crippen LogP contribution in [0.15, 0.2) is 55.0 Å². The first-order chi connectivity index (χ1) is 19.0. The van der Waals surface area contributed by atoms with E-state index < -0.39 is 11.4 Å². The minimum atomic E-state index is -0.838. The van der Waals surface area contributed by atoms with E-state index in [9.17, 15) is 19.4 Å². The molecule has 1 atom stereocenters. The van der Waals surface area contributed by atoms with Gasteiger partial charge in [0, 0.05) is 67.9 Å². The van der Waals surface area contributed by atoms with Crippen molar-refractivity contribution in [2.45, 2.75) is 25.4 Å². The summed E-state index contributed by atoms with van der Waals surface area (Å²) in [4.78, 5) is 21.2. The Balaban J connectivity index is 1.53. The number of nitrogens with zero attached hydrogens (tertiary/aromatic N) is 4. The molecule has 1 unspecified atom stereocenters. The van der Waals surface area contributed by atoms with Crippen LogP contribution in [-0.2, 0) is 4.79 Å². The van der Waals surface area contributed by atoms with E-state index in [1.54, 1.807) is 41.6 Å². The molecule has 5 rings (SSSR count). The van der Waals surface area contributed by atoms with Crippen LogP contribution in [0.25, 0.3) is 22.3 Å². The smallest absolute Gasteiger partial charge is 0.237 e. The fourth-order valence-corrected chi connectivity index (χ4v) is 5.70. The molecule has 0 radical (unpaired) electrons. The largest absolute Gasteiger partial charge is 0.507 e. The van der Waals surface area contributed by atoms with Gasteiger partial charge in [-0.2, -0.15) is 0 Å². The van der Waals surface area contributed by atoms with E-state index >= 15 is 0 Å². The maximum Gasteiger partial charge on any atom is 0.237 e. The number of methoxy groups -OCH3 is 1. The Hall–Kier alpha value is -3.82. The van der Waals surface area contributed by atoms with Crippen LogP contribution < -0.4 is 14.5 Å². The van der Waals surface area contributed by atoms with Crippen molar-refractivity contribution in [2.24, 2.45) is 5.41 Å². The molecule has 2 aromatic carbocycles. The average Bonchev–Trinajstić information content (AvgIpc) is 3.66. The number of aromatic hydroxyl groups is 1. The molecule has 1 aromatic heterocycles. The van der Waals surface area contributed by atoms with Gasteiger partial charge < -0.3 is 24.7 Å². The summed E-state index contributed by atoms with van der Waals surface area (Å²) in [5.74, 6) is -0.307. The van der Waals surface area contributed by atoms with Crippen molar-refractivity contribution in [1.82, 2.24) is 9.88 Å². The summed E-state index contributed by atoms with van der Waals surface area (Å²) < 4.78 is 20.5. The van der Waals surface area contributed by atoms with Crippen LogP contribution in [0.3, 0.4) is 0 Å². The fraction of sp³-hybridized carbons (Fsp3) is 0.333. The molecule has 1 amide bonds. The molecule has 2 fully saturated rings. The number of rotatable bonds is 8. The van der Waals surface area contributed by atoms with Gasteiger partial charge in [0.25, 0.3) is 0 Å². The van der Waals surface area contributed by atoms with Crippen LogP contribution in [0.2, 0.25) is 5.02 Å². The third-order valence-corrected chi connectivity index (χ3v) is 8.22. The predicted molar refractivity (Wildman–Crippen MR) is 154 cm³/mol. The van der Waals surface area contributed by atoms with Gasteiger partial charge in [0.1, 0.15) is 17.3 Å². The standard InChI is InChI=1S/C30H32ClFN4O4/c1-29(39)16-36(17-30(29)7-8-30)26-12-20(15-33-28(26)40-4)23-14-21(32)13-22(27(23)38)19-5-6-25(24(31)11-19)35(18-37)10-9-34(2)3/h5-6,9-15,18,38-39H,7-8,16-17H2,1-4H3/b10-9-. The van der Waals surface area contributed by atoms with Gasteiger partial charge in [0.15, 0.2) is 0 Å².